The lowest BCUT2D eigenvalue weighted by Crippen LogP contribution is -2.51. The first-order chi connectivity index (χ1) is 13.4. The molecule has 1 fully saturated rings. The molecule has 0 radical (unpaired) electrons. The molecule has 0 bridgehead atoms. The van der Waals surface area contributed by atoms with Crippen LogP contribution in [0, 0.1) is 13.8 Å². The summed E-state index contributed by atoms with van der Waals surface area (Å²) in [6.45, 7) is 4.34. The van der Waals surface area contributed by atoms with Crippen LogP contribution in [0.4, 0.5) is 0 Å². The monoisotopic (exact) mass is 437 g/mol. The molecule has 4 nitrogen and oxygen atoms in total. The summed E-state index contributed by atoms with van der Waals surface area (Å²) < 4.78 is 25.6. The molecule has 0 saturated heterocycles. The molecule has 1 saturated carbocycles. The summed E-state index contributed by atoms with van der Waals surface area (Å²) in [5.41, 5.74) is 1.98. The Labute approximate surface area is 176 Å². The quantitative estimate of drug-likeness (QED) is 0.618. The second-order valence-electron chi connectivity index (χ2n) is 7.34. The largest absolute Gasteiger partial charge is 0.354 e. The number of carbonyl (C=O) groups excluding carboxylic acids is 1. The number of aryl methyl sites for hydroxylation is 2. The van der Waals surface area contributed by atoms with Gasteiger partial charge in [-0.1, -0.05) is 25.0 Å². The highest BCUT2D eigenvalue weighted by molar-refractivity contribution is 7.98. The maximum absolute atomic E-state index is 13.4. The number of thiophene rings is 1. The van der Waals surface area contributed by atoms with Crippen molar-refractivity contribution >= 4 is 38.8 Å². The van der Waals surface area contributed by atoms with Crippen LogP contribution < -0.4 is 5.32 Å². The van der Waals surface area contributed by atoms with Gasteiger partial charge in [-0.2, -0.15) is 11.8 Å². The molecule has 1 N–H and O–H groups in total. The topological polar surface area (TPSA) is 63.2 Å². The molecule has 1 heterocycles. The fraction of sp³-hybridized carbons (Fsp3) is 0.476. The number of rotatable bonds is 8. The molecule has 152 valence electrons. The van der Waals surface area contributed by atoms with E-state index < -0.39 is 14.6 Å². The number of thioether (sulfide) groups is 1. The summed E-state index contributed by atoms with van der Waals surface area (Å²) in [6.07, 6.45) is 2.34. The zero-order valence-corrected chi connectivity index (χ0v) is 18.8. The van der Waals surface area contributed by atoms with Gasteiger partial charge in [0, 0.05) is 22.9 Å². The predicted octanol–water partition coefficient (Wildman–Crippen LogP) is 4.50. The van der Waals surface area contributed by atoms with E-state index in [-0.39, 0.29) is 10.8 Å². The van der Waals surface area contributed by atoms with E-state index in [1.165, 1.54) is 4.88 Å². The van der Waals surface area contributed by atoms with E-state index in [9.17, 15) is 13.2 Å². The number of benzene rings is 1. The molecule has 1 amide bonds. The summed E-state index contributed by atoms with van der Waals surface area (Å²) in [6, 6.07) is 9.30. The van der Waals surface area contributed by atoms with Crippen LogP contribution in [0.15, 0.2) is 40.6 Å². The SMILES string of the molecule is Cc1ccc(S(=O)(=O)C2(C(=O)NCCSCc3cccs3)CCCC2)cc1C. The second-order valence-corrected chi connectivity index (χ2v) is 11.7. The molecule has 1 aromatic carbocycles. The third kappa shape index (κ3) is 4.31. The van der Waals surface area contributed by atoms with E-state index in [0.717, 1.165) is 35.5 Å². The van der Waals surface area contributed by atoms with E-state index in [2.05, 4.69) is 16.8 Å². The smallest absolute Gasteiger partial charge is 0.241 e. The van der Waals surface area contributed by atoms with Gasteiger partial charge in [0.2, 0.25) is 5.91 Å². The zero-order chi connectivity index (χ0) is 20.2. The first kappa shape index (κ1) is 21.4. The molecule has 0 unspecified atom stereocenters. The molecule has 0 spiro atoms. The first-order valence-electron chi connectivity index (χ1n) is 9.57. The number of carbonyl (C=O) groups is 1. The maximum Gasteiger partial charge on any atom is 0.241 e. The van der Waals surface area contributed by atoms with Crippen LogP contribution in [0.5, 0.6) is 0 Å². The lowest BCUT2D eigenvalue weighted by molar-refractivity contribution is -0.123. The minimum absolute atomic E-state index is 0.264. The molecule has 1 aliphatic rings. The number of sulfone groups is 1. The Morgan fingerprint density at radius 1 is 1.18 bits per heavy atom. The van der Waals surface area contributed by atoms with Crippen LogP contribution in [0.3, 0.4) is 0 Å². The van der Waals surface area contributed by atoms with Gasteiger partial charge in [0.1, 0.15) is 0 Å². The minimum atomic E-state index is -3.73. The lowest BCUT2D eigenvalue weighted by atomic mass is 10.1. The maximum atomic E-state index is 13.4. The average Bonchev–Trinajstić information content (AvgIpc) is 3.35. The Morgan fingerprint density at radius 2 is 1.93 bits per heavy atom. The van der Waals surface area contributed by atoms with Crippen LogP contribution in [0.2, 0.25) is 0 Å². The predicted molar refractivity (Wildman–Crippen MR) is 118 cm³/mol. The van der Waals surface area contributed by atoms with E-state index in [0.29, 0.717) is 19.4 Å². The number of amides is 1. The minimum Gasteiger partial charge on any atom is -0.354 e. The Morgan fingerprint density at radius 3 is 2.57 bits per heavy atom. The van der Waals surface area contributed by atoms with Crippen LogP contribution in [-0.4, -0.2) is 31.4 Å². The van der Waals surface area contributed by atoms with E-state index >= 15 is 0 Å². The molecule has 0 aliphatic heterocycles. The van der Waals surface area contributed by atoms with Crippen molar-refractivity contribution < 1.29 is 13.2 Å². The van der Waals surface area contributed by atoms with Crippen LogP contribution in [0.1, 0.15) is 41.7 Å². The van der Waals surface area contributed by atoms with Crippen molar-refractivity contribution in [2.24, 2.45) is 0 Å². The molecule has 3 rings (SSSR count). The zero-order valence-electron chi connectivity index (χ0n) is 16.4. The normalized spacial score (nSPS) is 16.2. The number of nitrogens with one attached hydrogen (secondary N) is 1. The van der Waals surface area contributed by atoms with Gasteiger partial charge in [-0.3, -0.25) is 4.79 Å². The average molecular weight is 438 g/mol. The summed E-state index contributed by atoms with van der Waals surface area (Å²) in [4.78, 5) is 14.6. The highest BCUT2D eigenvalue weighted by Crippen LogP contribution is 2.41. The standard InChI is InChI=1S/C21H27NO3S3/c1-16-7-8-19(14-17(16)2)28(24,25)21(9-3-4-10-21)20(23)22-11-13-26-15-18-6-5-12-27-18/h5-8,12,14H,3-4,9-11,13,15H2,1-2H3,(H,22,23). The lowest BCUT2D eigenvalue weighted by Gasteiger charge is -2.28. The van der Waals surface area contributed by atoms with Gasteiger partial charge in [-0.05, 0) is 61.4 Å². The fourth-order valence-corrected chi connectivity index (χ4v) is 7.51. The summed E-state index contributed by atoms with van der Waals surface area (Å²) >= 11 is 3.47. The number of hydrogen-bond donors (Lipinski definition) is 1. The molecule has 1 aromatic heterocycles. The third-order valence-electron chi connectivity index (χ3n) is 5.48. The fourth-order valence-electron chi connectivity index (χ4n) is 3.64. The van der Waals surface area contributed by atoms with E-state index in [1.807, 2.05) is 26.0 Å². The van der Waals surface area contributed by atoms with Crippen molar-refractivity contribution in [3.63, 3.8) is 0 Å². The van der Waals surface area contributed by atoms with Gasteiger partial charge in [-0.15, -0.1) is 11.3 Å². The molecule has 1 aliphatic carbocycles. The number of hydrogen-bond acceptors (Lipinski definition) is 5. The Balaban J connectivity index is 1.68. The Bertz CT molecular complexity index is 914. The van der Waals surface area contributed by atoms with Crippen molar-refractivity contribution in [3.8, 4) is 0 Å². The van der Waals surface area contributed by atoms with Gasteiger partial charge >= 0.3 is 0 Å². The molecular weight excluding hydrogens is 410 g/mol. The van der Waals surface area contributed by atoms with Gasteiger partial charge < -0.3 is 5.32 Å². The van der Waals surface area contributed by atoms with Crippen molar-refractivity contribution in [1.82, 2.24) is 5.32 Å². The van der Waals surface area contributed by atoms with Gasteiger partial charge in [0.05, 0.1) is 4.90 Å². The highest BCUT2D eigenvalue weighted by Gasteiger charge is 2.52. The Hall–Kier alpha value is -1.31. The third-order valence-corrected chi connectivity index (χ3v) is 10.0. The second kappa shape index (κ2) is 9.01. The summed E-state index contributed by atoms with van der Waals surface area (Å²) in [5.74, 6) is 1.35. The van der Waals surface area contributed by atoms with Crippen molar-refractivity contribution in [2.45, 2.75) is 54.9 Å². The van der Waals surface area contributed by atoms with Gasteiger partial charge in [0.15, 0.2) is 14.6 Å². The van der Waals surface area contributed by atoms with E-state index in [4.69, 9.17) is 0 Å². The summed E-state index contributed by atoms with van der Waals surface area (Å²) in [7, 11) is -3.73. The molecule has 0 atom stereocenters. The Kier molecular flexibility index (Phi) is 6.89. The first-order valence-corrected chi connectivity index (χ1v) is 13.1. The van der Waals surface area contributed by atoms with Gasteiger partial charge in [-0.25, -0.2) is 8.42 Å². The summed E-state index contributed by atoms with van der Waals surface area (Å²) in [5, 5.41) is 4.97. The van der Waals surface area contributed by atoms with Crippen LogP contribution in [-0.2, 0) is 20.4 Å². The molecule has 28 heavy (non-hydrogen) atoms. The molecule has 7 heteroatoms. The van der Waals surface area contributed by atoms with E-state index in [1.54, 1.807) is 35.2 Å². The van der Waals surface area contributed by atoms with Crippen molar-refractivity contribution in [3.05, 3.63) is 51.7 Å². The van der Waals surface area contributed by atoms with Crippen LogP contribution in [0.25, 0.3) is 0 Å². The van der Waals surface area contributed by atoms with Crippen molar-refractivity contribution in [1.29, 1.82) is 0 Å². The van der Waals surface area contributed by atoms with Crippen LogP contribution >= 0.6 is 23.1 Å². The van der Waals surface area contributed by atoms with Crippen molar-refractivity contribution in [2.75, 3.05) is 12.3 Å². The molecule has 2 aromatic rings. The highest BCUT2D eigenvalue weighted by atomic mass is 32.2. The van der Waals surface area contributed by atoms with Gasteiger partial charge in [0.25, 0.3) is 0 Å². The molecular formula is C21H27NO3S3.